The van der Waals surface area contributed by atoms with Crippen molar-refractivity contribution in [3.63, 3.8) is 0 Å². The third kappa shape index (κ3) is 4.05. The van der Waals surface area contributed by atoms with Crippen molar-refractivity contribution in [2.45, 2.75) is 38.3 Å². The van der Waals surface area contributed by atoms with Gasteiger partial charge in [-0.05, 0) is 31.9 Å². The Balaban J connectivity index is 1.43. The molecule has 1 aliphatic rings. The third-order valence-electron chi connectivity index (χ3n) is 6.16. The van der Waals surface area contributed by atoms with Gasteiger partial charge in [0, 0.05) is 18.2 Å². The number of likely N-dealkylation sites (tertiary alicyclic amines) is 1. The number of aliphatic hydroxyl groups is 1. The Bertz CT molecular complexity index is 1240. The fraction of sp³-hybridized carbons (Fsp3) is 0.280. The van der Waals surface area contributed by atoms with Crippen LogP contribution >= 0.6 is 0 Å². The molecular weight excluding hydrogens is 418 g/mol. The minimum Gasteiger partial charge on any atom is -0.440 e. The molecule has 0 radical (unpaired) electrons. The molecule has 2 atom stereocenters. The fourth-order valence-electron chi connectivity index (χ4n) is 4.38. The van der Waals surface area contributed by atoms with Crippen LogP contribution in [0.15, 0.2) is 71.4 Å². The smallest absolute Gasteiger partial charge is 0.256 e. The van der Waals surface area contributed by atoms with Crippen LogP contribution in [0.5, 0.6) is 0 Å². The van der Waals surface area contributed by atoms with Crippen LogP contribution < -0.4 is 0 Å². The minimum absolute atomic E-state index is 0.0529. The second-order valence-corrected chi connectivity index (χ2v) is 8.27. The first kappa shape index (κ1) is 21.1. The first-order valence-corrected chi connectivity index (χ1v) is 11.1. The van der Waals surface area contributed by atoms with Gasteiger partial charge in [0.2, 0.25) is 0 Å². The standard InChI is InChI=1S/C25H25N5O3/c1-17-11-12-19(24-28-21(16-31)23(33-24)18-7-3-2-4-8-18)15-29(17)25(32)20-9-5-6-10-22(20)30-26-13-14-27-30/h2-10,13-14,17,19,31H,11-12,15-16H2,1H3/t17-,19?/m1/s1. The van der Waals surface area contributed by atoms with Gasteiger partial charge < -0.3 is 14.4 Å². The number of para-hydroxylation sites is 1. The molecule has 0 bridgehead atoms. The predicted octanol–water partition coefficient (Wildman–Crippen LogP) is 3.82. The first-order valence-electron chi connectivity index (χ1n) is 11.1. The van der Waals surface area contributed by atoms with Gasteiger partial charge >= 0.3 is 0 Å². The van der Waals surface area contributed by atoms with Crippen molar-refractivity contribution in [3.8, 4) is 17.0 Å². The molecule has 2 aromatic heterocycles. The molecule has 8 nitrogen and oxygen atoms in total. The Morgan fingerprint density at radius 3 is 2.55 bits per heavy atom. The van der Waals surface area contributed by atoms with Crippen molar-refractivity contribution < 1.29 is 14.3 Å². The molecule has 0 aliphatic carbocycles. The molecule has 1 saturated heterocycles. The lowest BCUT2D eigenvalue weighted by Crippen LogP contribution is -2.45. The summed E-state index contributed by atoms with van der Waals surface area (Å²) in [5.41, 5.74) is 2.59. The summed E-state index contributed by atoms with van der Waals surface area (Å²) in [7, 11) is 0. The topological polar surface area (TPSA) is 97.3 Å². The molecule has 168 valence electrons. The molecule has 4 aromatic rings. The van der Waals surface area contributed by atoms with E-state index in [9.17, 15) is 9.90 Å². The number of carbonyl (C=O) groups excluding carboxylic acids is 1. The third-order valence-corrected chi connectivity index (χ3v) is 6.16. The van der Waals surface area contributed by atoms with Gasteiger partial charge in [-0.2, -0.15) is 15.0 Å². The molecule has 1 aliphatic heterocycles. The Kier molecular flexibility index (Phi) is 5.75. The number of aromatic nitrogens is 4. The quantitative estimate of drug-likeness (QED) is 0.504. The molecule has 0 saturated carbocycles. The summed E-state index contributed by atoms with van der Waals surface area (Å²) in [6.45, 7) is 2.34. The van der Waals surface area contributed by atoms with Crippen LogP contribution in [0, 0.1) is 0 Å². The Labute approximate surface area is 191 Å². The lowest BCUT2D eigenvalue weighted by Gasteiger charge is -2.37. The van der Waals surface area contributed by atoms with Crippen molar-refractivity contribution in [3.05, 3.63) is 84.1 Å². The van der Waals surface area contributed by atoms with Crippen molar-refractivity contribution in [2.24, 2.45) is 0 Å². The van der Waals surface area contributed by atoms with Crippen molar-refractivity contribution >= 4 is 5.91 Å². The van der Waals surface area contributed by atoms with Crippen molar-refractivity contribution in [1.29, 1.82) is 0 Å². The highest BCUT2D eigenvalue weighted by atomic mass is 16.4. The van der Waals surface area contributed by atoms with E-state index < -0.39 is 0 Å². The van der Waals surface area contributed by atoms with Gasteiger partial charge in [0.15, 0.2) is 11.7 Å². The maximum atomic E-state index is 13.6. The van der Waals surface area contributed by atoms with Gasteiger partial charge in [-0.25, -0.2) is 4.98 Å². The second-order valence-electron chi connectivity index (χ2n) is 8.27. The van der Waals surface area contributed by atoms with E-state index >= 15 is 0 Å². The summed E-state index contributed by atoms with van der Waals surface area (Å²) >= 11 is 0. The number of benzene rings is 2. The van der Waals surface area contributed by atoms with Crippen LogP contribution in [0.3, 0.4) is 0 Å². The number of oxazole rings is 1. The number of nitrogens with zero attached hydrogens (tertiary/aromatic N) is 5. The molecular formula is C25H25N5O3. The summed E-state index contributed by atoms with van der Waals surface area (Å²) in [6, 6.07) is 17.1. The summed E-state index contributed by atoms with van der Waals surface area (Å²) in [5, 5.41) is 18.2. The normalized spacial score (nSPS) is 18.4. The van der Waals surface area contributed by atoms with Gasteiger partial charge in [-0.15, -0.1) is 0 Å². The average molecular weight is 444 g/mol. The maximum absolute atomic E-state index is 13.6. The van der Waals surface area contributed by atoms with Crippen LogP contribution in [0.1, 0.15) is 47.6 Å². The monoisotopic (exact) mass is 443 g/mol. The molecule has 1 N–H and O–H groups in total. The average Bonchev–Trinajstić information content (AvgIpc) is 3.55. The molecule has 8 heteroatoms. The SMILES string of the molecule is C[C@@H]1CCC(c2nc(CO)c(-c3ccccc3)o2)CN1C(=O)c1ccccc1-n1nccn1. The molecule has 1 fully saturated rings. The molecule has 3 heterocycles. The number of hydrogen-bond donors (Lipinski definition) is 1. The summed E-state index contributed by atoms with van der Waals surface area (Å²) in [4.78, 5) is 21.6. The van der Waals surface area contributed by atoms with Gasteiger partial charge in [0.05, 0.1) is 36.2 Å². The van der Waals surface area contributed by atoms with E-state index in [4.69, 9.17) is 4.42 Å². The Morgan fingerprint density at radius 2 is 1.79 bits per heavy atom. The summed E-state index contributed by atoms with van der Waals surface area (Å²) in [5.74, 6) is 1.02. The zero-order valence-electron chi connectivity index (χ0n) is 18.3. The van der Waals surface area contributed by atoms with Crippen LogP contribution in [-0.2, 0) is 6.61 Å². The van der Waals surface area contributed by atoms with E-state index in [-0.39, 0.29) is 24.5 Å². The minimum atomic E-state index is -0.205. The highest BCUT2D eigenvalue weighted by molar-refractivity contribution is 5.98. The van der Waals surface area contributed by atoms with E-state index in [0.717, 1.165) is 18.4 Å². The molecule has 0 spiro atoms. The molecule has 1 amide bonds. The van der Waals surface area contributed by atoms with E-state index in [1.807, 2.05) is 53.4 Å². The summed E-state index contributed by atoms with van der Waals surface area (Å²) < 4.78 is 6.15. The zero-order valence-corrected chi connectivity index (χ0v) is 18.3. The van der Waals surface area contributed by atoms with E-state index in [2.05, 4.69) is 22.1 Å². The van der Waals surface area contributed by atoms with Gasteiger partial charge in [-0.3, -0.25) is 4.79 Å². The largest absolute Gasteiger partial charge is 0.440 e. The number of piperidine rings is 1. The lowest BCUT2D eigenvalue weighted by atomic mass is 9.92. The Hall–Kier alpha value is -3.78. The van der Waals surface area contributed by atoms with Crippen LogP contribution in [0.4, 0.5) is 0 Å². The molecule has 1 unspecified atom stereocenters. The maximum Gasteiger partial charge on any atom is 0.256 e. The lowest BCUT2D eigenvalue weighted by molar-refractivity contribution is 0.0597. The number of rotatable bonds is 5. The zero-order chi connectivity index (χ0) is 22.8. The van der Waals surface area contributed by atoms with E-state index in [0.29, 0.717) is 35.1 Å². The number of aliphatic hydroxyl groups excluding tert-OH is 1. The highest BCUT2D eigenvalue weighted by Crippen LogP contribution is 2.34. The second kappa shape index (κ2) is 8.99. The molecule has 2 aromatic carbocycles. The van der Waals surface area contributed by atoms with E-state index in [1.165, 1.54) is 4.80 Å². The van der Waals surface area contributed by atoms with Crippen LogP contribution in [0.25, 0.3) is 17.0 Å². The fourth-order valence-corrected chi connectivity index (χ4v) is 4.38. The van der Waals surface area contributed by atoms with Crippen molar-refractivity contribution in [2.75, 3.05) is 6.54 Å². The van der Waals surface area contributed by atoms with Crippen LogP contribution in [-0.4, -0.2) is 48.5 Å². The predicted molar refractivity (Wildman–Crippen MR) is 122 cm³/mol. The van der Waals surface area contributed by atoms with Crippen molar-refractivity contribution in [1.82, 2.24) is 24.9 Å². The summed E-state index contributed by atoms with van der Waals surface area (Å²) in [6.07, 6.45) is 4.86. The highest BCUT2D eigenvalue weighted by Gasteiger charge is 2.34. The van der Waals surface area contributed by atoms with E-state index in [1.54, 1.807) is 18.5 Å². The number of amides is 1. The van der Waals surface area contributed by atoms with Gasteiger partial charge in [0.25, 0.3) is 5.91 Å². The van der Waals surface area contributed by atoms with Gasteiger partial charge in [-0.1, -0.05) is 42.5 Å². The molecule has 5 rings (SSSR count). The molecule has 33 heavy (non-hydrogen) atoms. The van der Waals surface area contributed by atoms with Crippen LogP contribution in [0.2, 0.25) is 0 Å². The van der Waals surface area contributed by atoms with Gasteiger partial charge in [0.1, 0.15) is 5.69 Å². The Morgan fingerprint density at radius 1 is 1.06 bits per heavy atom. The number of hydrogen-bond acceptors (Lipinski definition) is 6. The number of carbonyl (C=O) groups is 1. The first-order chi connectivity index (χ1) is 16.2.